The molecule has 3 heterocycles. The van der Waals surface area contributed by atoms with Crippen LogP contribution in [0.15, 0.2) is 29.8 Å². The standard InChI is InChI=1S/C15H17N3OS/c1-10-11-6-9-20-13(11)5-8-18(10)15(19)12-4-3-7-17-14(12)16-2/h3-4,6-7,9-10H,5,8H2,1-2H3,(H,16,17). The smallest absolute Gasteiger partial charge is 0.258 e. The number of amides is 1. The van der Waals surface area contributed by atoms with Gasteiger partial charge in [0.1, 0.15) is 5.82 Å². The van der Waals surface area contributed by atoms with Gasteiger partial charge in [0.15, 0.2) is 0 Å². The fourth-order valence-electron chi connectivity index (χ4n) is 2.72. The monoisotopic (exact) mass is 287 g/mol. The first-order valence-electron chi connectivity index (χ1n) is 6.72. The highest BCUT2D eigenvalue weighted by Crippen LogP contribution is 2.34. The molecule has 3 rings (SSSR count). The van der Waals surface area contributed by atoms with Gasteiger partial charge in [0.25, 0.3) is 5.91 Å². The minimum absolute atomic E-state index is 0.0480. The van der Waals surface area contributed by atoms with Gasteiger partial charge < -0.3 is 10.2 Å². The molecule has 1 N–H and O–H groups in total. The van der Waals surface area contributed by atoms with E-state index in [0.29, 0.717) is 11.4 Å². The van der Waals surface area contributed by atoms with E-state index in [2.05, 4.69) is 28.7 Å². The molecule has 4 nitrogen and oxygen atoms in total. The quantitative estimate of drug-likeness (QED) is 0.923. The van der Waals surface area contributed by atoms with Gasteiger partial charge in [-0.25, -0.2) is 4.98 Å². The molecule has 1 amide bonds. The van der Waals surface area contributed by atoms with Gasteiger partial charge in [0.2, 0.25) is 0 Å². The third-order valence-corrected chi connectivity index (χ3v) is 4.81. The number of hydrogen-bond donors (Lipinski definition) is 1. The van der Waals surface area contributed by atoms with Crippen molar-refractivity contribution in [3.05, 3.63) is 45.8 Å². The molecule has 0 aromatic carbocycles. The Labute approximate surface area is 122 Å². The molecule has 0 radical (unpaired) electrons. The second-order valence-corrected chi connectivity index (χ2v) is 5.87. The molecule has 1 aliphatic rings. The van der Waals surface area contributed by atoms with Crippen LogP contribution < -0.4 is 5.32 Å². The number of carbonyl (C=O) groups is 1. The Bertz CT molecular complexity index is 638. The first kappa shape index (κ1) is 13.1. The van der Waals surface area contributed by atoms with Crippen LogP contribution in [0.3, 0.4) is 0 Å². The Morgan fingerprint density at radius 3 is 3.15 bits per heavy atom. The molecule has 20 heavy (non-hydrogen) atoms. The lowest BCUT2D eigenvalue weighted by atomic mass is 10.0. The highest BCUT2D eigenvalue weighted by atomic mass is 32.1. The number of thiophene rings is 1. The maximum Gasteiger partial charge on any atom is 0.258 e. The predicted octanol–water partition coefficient (Wildman–Crippen LogP) is 2.94. The van der Waals surface area contributed by atoms with Gasteiger partial charge in [0.05, 0.1) is 11.6 Å². The molecule has 5 heteroatoms. The number of hydrogen-bond acceptors (Lipinski definition) is 4. The highest BCUT2D eigenvalue weighted by Gasteiger charge is 2.30. The summed E-state index contributed by atoms with van der Waals surface area (Å²) in [6.45, 7) is 2.86. The van der Waals surface area contributed by atoms with Crippen LogP contribution in [0.5, 0.6) is 0 Å². The Hall–Kier alpha value is -1.88. The average molecular weight is 287 g/mol. The van der Waals surface area contributed by atoms with E-state index in [1.807, 2.05) is 11.0 Å². The van der Waals surface area contributed by atoms with Crippen molar-refractivity contribution in [2.75, 3.05) is 18.9 Å². The summed E-state index contributed by atoms with van der Waals surface area (Å²) in [5.74, 6) is 0.688. The fourth-order valence-corrected chi connectivity index (χ4v) is 3.68. The SMILES string of the molecule is CNc1ncccc1C(=O)N1CCc2sccc2C1C. The van der Waals surface area contributed by atoms with Gasteiger partial charge in [-0.3, -0.25) is 4.79 Å². The van der Waals surface area contributed by atoms with Crippen molar-refractivity contribution in [1.82, 2.24) is 9.88 Å². The number of anilines is 1. The van der Waals surface area contributed by atoms with Gasteiger partial charge >= 0.3 is 0 Å². The summed E-state index contributed by atoms with van der Waals surface area (Å²) in [5.41, 5.74) is 1.92. The molecule has 1 atom stereocenters. The molecule has 1 unspecified atom stereocenters. The molecular weight excluding hydrogens is 270 g/mol. The van der Waals surface area contributed by atoms with E-state index in [1.54, 1.807) is 30.6 Å². The Balaban J connectivity index is 1.92. The van der Waals surface area contributed by atoms with Gasteiger partial charge in [-0.2, -0.15) is 0 Å². The van der Waals surface area contributed by atoms with Crippen LogP contribution in [0.2, 0.25) is 0 Å². The summed E-state index contributed by atoms with van der Waals surface area (Å²) in [4.78, 5) is 20.3. The summed E-state index contributed by atoms with van der Waals surface area (Å²) in [7, 11) is 1.79. The molecule has 0 fully saturated rings. The van der Waals surface area contributed by atoms with E-state index in [0.717, 1.165) is 13.0 Å². The molecule has 104 valence electrons. The molecule has 2 aromatic heterocycles. The van der Waals surface area contributed by atoms with Gasteiger partial charge in [-0.15, -0.1) is 11.3 Å². The number of nitrogens with zero attached hydrogens (tertiary/aromatic N) is 2. The van der Waals surface area contributed by atoms with E-state index >= 15 is 0 Å². The van der Waals surface area contributed by atoms with Crippen LogP contribution in [-0.2, 0) is 6.42 Å². The summed E-state index contributed by atoms with van der Waals surface area (Å²) >= 11 is 1.78. The number of pyridine rings is 1. The average Bonchev–Trinajstić information content (AvgIpc) is 2.96. The Kier molecular flexibility index (Phi) is 3.44. The van der Waals surface area contributed by atoms with Crippen LogP contribution >= 0.6 is 11.3 Å². The van der Waals surface area contributed by atoms with Crippen LogP contribution in [0.4, 0.5) is 5.82 Å². The van der Waals surface area contributed by atoms with Crippen molar-refractivity contribution >= 4 is 23.1 Å². The topological polar surface area (TPSA) is 45.2 Å². The van der Waals surface area contributed by atoms with Crippen LogP contribution in [0.25, 0.3) is 0 Å². The summed E-state index contributed by atoms with van der Waals surface area (Å²) < 4.78 is 0. The van der Waals surface area contributed by atoms with Crippen LogP contribution in [0, 0.1) is 0 Å². The van der Waals surface area contributed by atoms with E-state index in [-0.39, 0.29) is 11.9 Å². The molecule has 0 aliphatic carbocycles. The van der Waals surface area contributed by atoms with Crippen molar-refractivity contribution in [3.63, 3.8) is 0 Å². The van der Waals surface area contributed by atoms with E-state index in [4.69, 9.17) is 0 Å². The molecule has 1 aliphatic heterocycles. The normalized spacial score (nSPS) is 17.7. The van der Waals surface area contributed by atoms with Crippen molar-refractivity contribution < 1.29 is 4.79 Å². The highest BCUT2D eigenvalue weighted by molar-refractivity contribution is 7.10. The largest absolute Gasteiger partial charge is 0.372 e. The lowest BCUT2D eigenvalue weighted by Gasteiger charge is -2.34. The Morgan fingerprint density at radius 2 is 2.35 bits per heavy atom. The van der Waals surface area contributed by atoms with Crippen molar-refractivity contribution in [2.24, 2.45) is 0 Å². The molecule has 2 aromatic rings. The lowest BCUT2D eigenvalue weighted by Crippen LogP contribution is -2.38. The summed E-state index contributed by atoms with van der Waals surface area (Å²) in [6.07, 6.45) is 2.64. The zero-order valence-electron chi connectivity index (χ0n) is 11.6. The molecule has 0 saturated carbocycles. The van der Waals surface area contributed by atoms with E-state index in [9.17, 15) is 4.79 Å². The van der Waals surface area contributed by atoms with Crippen molar-refractivity contribution in [3.8, 4) is 0 Å². The maximum absolute atomic E-state index is 12.8. The molecular formula is C15H17N3OS. The minimum atomic E-state index is 0.0480. The number of carbonyl (C=O) groups excluding carboxylic acids is 1. The second kappa shape index (κ2) is 5.25. The zero-order chi connectivity index (χ0) is 14.1. The van der Waals surface area contributed by atoms with Crippen LogP contribution in [-0.4, -0.2) is 29.4 Å². The van der Waals surface area contributed by atoms with Gasteiger partial charge in [0, 0.05) is 24.7 Å². The molecule has 0 spiro atoms. The third-order valence-electron chi connectivity index (χ3n) is 3.81. The lowest BCUT2D eigenvalue weighted by molar-refractivity contribution is 0.0680. The van der Waals surface area contributed by atoms with Crippen molar-refractivity contribution in [2.45, 2.75) is 19.4 Å². The molecule has 0 bridgehead atoms. The fraction of sp³-hybridized carbons (Fsp3) is 0.333. The second-order valence-electron chi connectivity index (χ2n) is 4.87. The first-order valence-corrected chi connectivity index (χ1v) is 7.60. The van der Waals surface area contributed by atoms with Crippen LogP contribution in [0.1, 0.15) is 33.8 Å². The maximum atomic E-state index is 12.8. The van der Waals surface area contributed by atoms with Crippen molar-refractivity contribution in [1.29, 1.82) is 0 Å². The minimum Gasteiger partial charge on any atom is -0.372 e. The number of aromatic nitrogens is 1. The van der Waals surface area contributed by atoms with Gasteiger partial charge in [-0.1, -0.05) is 0 Å². The summed E-state index contributed by atoms with van der Waals surface area (Å²) in [5, 5.41) is 5.10. The third kappa shape index (κ3) is 2.08. The van der Waals surface area contributed by atoms with Gasteiger partial charge in [-0.05, 0) is 42.5 Å². The number of fused-ring (bicyclic) bond motifs is 1. The molecule has 0 saturated heterocycles. The Morgan fingerprint density at radius 1 is 1.50 bits per heavy atom. The predicted molar refractivity (Wildman–Crippen MR) is 81.3 cm³/mol. The zero-order valence-corrected chi connectivity index (χ0v) is 12.4. The first-order chi connectivity index (χ1) is 9.72. The van der Waals surface area contributed by atoms with E-state index in [1.165, 1.54) is 10.4 Å². The number of rotatable bonds is 2. The number of nitrogens with one attached hydrogen (secondary N) is 1. The summed E-state index contributed by atoms with van der Waals surface area (Å²) in [6, 6.07) is 5.89. The van der Waals surface area contributed by atoms with E-state index < -0.39 is 0 Å².